The van der Waals surface area contributed by atoms with E-state index >= 15 is 0 Å². The predicted octanol–water partition coefficient (Wildman–Crippen LogP) is 7.63. The van der Waals surface area contributed by atoms with Crippen molar-refractivity contribution in [1.82, 2.24) is 4.57 Å². The lowest BCUT2D eigenvalue weighted by molar-refractivity contribution is -0.137. The van der Waals surface area contributed by atoms with E-state index in [2.05, 4.69) is 15.9 Å². The fourth-order valence-corrected chi connectivity index (χ4v) is 4.16. The molecule has 0 atom stereocenters. The third kappa shape index (κ3) is 5.37. The smallest absolute Gasteiger partial charge is 0.417 e. The summed E-state index contributed by atoms with van der Waals surface area (Å²) in [4.78, 5) is 13.2. The molecular weight excluding hydrogens is 533 g/mol. The molecule has 0 N–H and O–H groups in total. The van der Waals surface area contributed by atoms with E-state index in [0.717, 1.165) is 27.2 Å². The van der Waals surface area contributed by atoms with Gasteiger partial charge in [-0.2, -0.15) is 18.4 Å². The minimum Gasteiger partial charge on any atom is -0.457 e. The van der Waals surface area contributed by atoms with Crippen LogP contribution in [0.3, 0.4) is 0 Å². The van der Waals surface area contributed by atoms with E-state index in [9.17, 15) is 23.2 Å². The number of benzene rings is 3. The van der Waals surface area contributed by atoms with Crippen molar-refractivity contribution >= 4 is 15.9 Å². The Labute approximate surface area is 214 Å². The highest BCUT2D eigenvalue weighted by molar-refractivity contribution is 9.10. The molecule has 4 aromatic rings. The molecule has 0 amide bonds. The van der Waals surface area contributed by atoms with Crippen molar-refractivity contribution in [3.05, 3.63) is 115 Å². The van der Waals surface area contributed by atoms with Gasteiger partial charge in [-0.05, 0) is 85.1 Å². The van der Waals surface area contributed by atoms with Crippen LogP contribution in [0.2, 0.25) is 0 Å². The molecule has 0 radical (unpaired) electrons. The van der Waals surface area contributed by atoms with E-state index < -0.39 is 22.9 Å². The van der Waals surface area contributed by atoms with E-state index in [1.54, 1.807) is 36.4 Å². The van der Waals surface area contributed by atoms with Gasteiger partial charge in [0.1, 0.15) is 23.1 Å². The van der Waals surface area contributed by atoms with E-state index in [1.807, 2.05) is 44.2 Å². The minimum atomic E-state index is -4.86. The minimum absolute atomic E-state index is 0.0181. The van der Waals surface area contributed by atoms with Crippen LogP contribution in [0.1, 0.15) is 27.8 Å². The maximum absolute atomic E-state index is 13.8. The summed E-state index contributed by atoms with van der Waals surface area (Å²) < 4.78 is 49.3. The van der Waals surface area contributed by atoms with E-state index in [4.69, 9.17) is 4.74 Å². The molecular formula is C28H20BrF3N2O2. The van der Waals surface area contributed by atoms with Gasteiger partial charge in [0.05, 0.1) is 17.8 Å². The van der Waals surface area contributed by atoms with Gasteiger partial charge in [-0.1, -0.05) is 39.7 Å². The van der Waals surface area contributed by atoms with Crippen LogP contribution in [0.5, 0.6) is 11.5 Å². The number of ether oxygens (including phenoxy) is 1. The second-order valence-electron chi connectivity index (χ2n) is 8.33. The molecule has 0 unspecified atom stereocenters. The zero-order chi connectivity index (χ0) is 26.0. The monoisotopic (exact) mass is 552 g/mol. The highest BCUT2D eigenvalue weighted by Crippen LogP contribution is 2.34. The SMILES string of the molecule is Cc1ccc(Cn2c(-c3ccc(Oc4ccc(Br)cc4)cc3)cc(C(F)(F)F)c(C#N)c2=O)c(C)c1. The van der Waals surface area contributed by atoms with Crippen LogP contribution in [0, 0.1) is 25.2 Å². The van der Waals surface area contributed by atoms with Crippen LogP contribution in [0.4, 0.5) is 13.2 Å². The number of hydrogen-bond donors (Lipinski definition) is 0. The van der Waals surface area contributed by atoms with Crippen LogP contribution in [0.15, 0.2) is 82.1 Å². The third-order valence-electron chi connectivity index (χ3n) is 5.74. The quantitative estimate of drug-likeness (QED) is 0.256. The Morgan fingerprint density at radius 1 is 0.944 bits per heavy atom. The molecule has 0 bridgehead atoms. The summed E-state index contributed by atoms with van der Waals surface area (Å²) in [6, 6.07) is 21.6. The maximum Gasteiger partial charge on any atom is 0.417 e. The number of halogens is 4. The summed E-state index contributed by atoms with van der Waals surface area (Å²) in [7, 11) is 0. The predicted molar refractivity (Wildman–Crippen MR) is 135 cm³/mol. The van der Waals surface area contributed by atoms with Gasteiger partial charge >= 0.3 is 6.18 Å². The Hall–Kier alpha value is -3.83. The number of aromatic nitrogens is 1. The molecule has 0 aliphatic rings. The van der Waals surface area contributed by atoms with Crippen molar-refractivity contribution in [3.8, 4) is 28.8 Å². The average Bonchev–Trinajstić information content (AvgIpc) is 2.83. The van der Waals surface area contributed by atoms with Gasteiger partial charge in [0.2, 0.25) is 0 Å². The van der Waals surface area contributed by atoms with Crippen molar-refractivity contribution in [2.45, 2.75) is 26.6 Å². The van der Waals surface area contributed by atoms with Gasteiger partial charge < -0.3 is 9.30 Å². The molecule has 3 aromatic carbocycles. The number of hydrogen-bond acceptors (Lipinski definition) is 3. The summed E-state index contributed by atoms with van der Waals surface area (Å²) in [5, 5.41) is 9.42. The molecule has 1 heterocycles. The number of nitrogens with zero attached hydrogens (tertiary/aromatic N) is 2. The number of pyridine rings is 1. The van der Waals surface area contributed by atoms with Crippen LogP contribution >= 0.6 is 15.9 Å². The van der Waals surface area contributed by atoms with E-state index in [1.165, 1.54) is 10.6 Å². The first-order valence-corrected chi connectivity index (χ1v) is 11.7. The molecule has 8 heteroatoms. The lowest BCUT2D eigenvalue weighted by atomic mass is 10.0. The van der Waals surface area contributed by atoms with Crippen LogP contribution in [-0.2, 0) is 12.7 Å². The topological polar surface area (TPSA) is 55.0 Å². The molecule has 0 saturated heterocycles. The second-order valence-corrected chi connectivity index (χ2v) is 9.25. The first-order valence-electron chi connectivity index (χ1n) is 10.9. The lowest BCUT2D eigenvalue weighted by Gasteiger charge is -2.19. The molecule has 0 aliphatic carbocycles. The molecule has 4 nitrogen and oxygen atoms in total. The average molecular weight is 553 g/mol. The number of rotatable bonds is 5. The van der Waals surface area contributed by atoms with Crippen LogP contribution in [-0.4, -0.2) is 4.57 Å². The molecule has 0 spiro atoms. The summed E-state index contributed by atoms with van der Waals surface area (Å²) in [6.45, 7) is 3.82. The molecule has 36 heavy (non-hydrogen) atoms. The largest absolute Gasteiger partial charge is 0.457 e. The first kappa shape index (κ1) is 25.3. The van der Waals surface area contributed by atoms with Crippen molar-refractivity contribution in [1.29, 1.82) is 5.26 Å². The summed E-state index contributed by atoms with van der Waals surface area (Å²) in [6.07, 6.45) is -4.86. The van der Waals surface area contributed by atoms with Crippen molar-refractivity contribution in [2.75, 3.05) is 0 Å². The lowest BCUT2D eigenvalue weighted by Crippen LogP contribution is -2.29. The highest BCUT2D eigenvalue weighted by atomic mass is 79.9. The summed E-state index contributed by atoms with van der Waals surface area (Å²) >= 11 is 3.36. The zero-order valence-electron chi connectivity index (χ0n) is 19.4. The Morgan fingerprint density at radius 3 is 2.11 bits per heavy atom. The van der Waals surface area contributed by atoms with E-state index in [0.29, 0.717) is 17.1 Å². The third-order valence-corrected chi connectivity index (χ3v) is 6.27. The Kier molecular flexibility index (Phi) is 7.04. The number of alkyl halides is 3. The number of aryl methyl sites for hydroxylation is 2. The van der Waals surface area contributed by atoms with Crippen molar-refractivity contribution in [2.24, 2.45) is 0 Å². The Morgan fingerprint density at radius 2 is 1.56 bits per heavy atom. The van der Waals surface area contributed by atoms with Crippen LogP contribution < -0.4 is 10.3 Å². The van der Waals surface area contributed by atoms with Crippen molar-refractivity contribution in [3.63, 3.8) is 0 Å². The normalized spacial score (nSPS) is 11.2. The fraction of sp³-hybridized carbons (Fsp3) is 0.143. The maximum atomic E-state index is 13.8. The molecule has 0 aliphatic heterocycles. The second kappa shape index (κ2) is 10.0. The van der Waals surface area contributed by atoms with Gasteiger partial charge in [-0.3, -0.25) is 4.79 Å². The van der Waals surface area contributed by atoms with Gasteiger partial charge in [-0.15, -0.1) is 0 Å². The van der Waals surface area contributed by atoms with Gasteiger partial charge in [-0.25, -0.2) is 0 Å². The Bertz CT molecular complexity index is 1520. The molecule has 182 valence electrons. The summed E-state index contributed by atoms with van der Waals surface area (Å²) in [5.74, 6) is 1.07. The molecule has 1 aromatic heterocycles. The fourth-order valence-electron chi connectivity index (χ4n) is 3.90. The number of nitriles is 1. The Balaban J connectivity index is 1.82. The molecule has 0 saturated carbocycles. The van der Waals surface area contributed by atoms with Gasteiger partial charge in [0.25, 0.3) is 5.56 Å². The molecule has 4 rings (SSSR count). The standard InChI is InChI=1S/C28H20BrF3N2O2/c1-17-3-4-20(18(2)13-17)16-34-26(14-25(28(30,31)32)24(15-33)27(34)35)19-5-9-22(10-6-19)36-23-11-7-21(29)8-12-23/h3-14H,16H2,1-2H3. The van der Waals surface area contributed by atoms with Crippen LogP contribution in [0.25, 0.3) is 11.3 Å². The highest BCUT2D eigenvalue weighted by Gasteiger charge is 2.36. The summed E-state index contributed by atoms with van der Waals surface area (Å²) in [5.41, 5.74) is -0.0418. The van der Waals surface area contributed by atoms with Gasteiger partial charge in [0.15, 0.2) is 0 Å². The van der Waals surface area contributed by atoms with Crippen molar-refractivity contribution < 1.29 is 17.9 Å². The van der Waals surface area contributed by atoms with Gasteiger partial charge in [0, 0.05) is 4.47 Å². The first-order chi connectivity index (χ1) is 17.1. The molecule has 0 fully saturated rings. The van der Waals surface area contributed by atoms with E-state index in [-0.39, 0.29) is 12.2 Å². The zero-order valence-corrected chi connectivity index (χ0v) is 20.9.